The third-order valence-corrected chi connectivity index (χ3v) is 4.76. The van der Waals surface area contributed by atoms with Crippen LogP contribution in [0.5, 0.6) is 0 Å². The highest BCUT2D eigenvalue weighted by Gasteiger charge is 2.15. The van der Waals surface area contributed by atoms with Crippen LogP contribution in [0.4, 0.5) is 5.82 Å². The molecule has 6 nitrogen and oxygen atoms in total. The van der Waals surface area contributed by atoms with Crippen LogP contribution in [-0.4, -0.2) is 31.2 Å². The van der Waals surface area contributed by atoms with Crippen LogP contribution in [0, 0.1) is 0 Å². The van der Waals surface area contributed by atoms with Crippen LogP contribution in [0.1, 0.15) is 0 Å². The molecule has 0 fully saturated rings. The molecule has 0 aliphatic rings. The Hall–Kier alpha value is -2.64. The van der Waals surface area contributed by atoms with E-state index < -0.39 is 0 Å². The standard InChI is InChI=1S/C17H15N5OS/c18-15-14-16(20-10-19-15)22(7-8-23)17(21-14)24-13-6-5-11-3-1-2-4-12(11)9-13/h1-6,9-10,23H,7-8H2,(H2,18,19,20). The molecule has 4 rings (SSSR count). The molecule has 3 N–H and O–H groups in total. The Kier molecular flexibility index (Phi) is 3.79. The molecule has 0 unspecified atom stereocenters. The number of nitrogens with two attached hydrogens (primary N) is 1. The van der Waals surface area contributed by atoms with Gasteiger partial charge in [0, 0.05) is 11.4 Å². The highest BCUT2D eigenvalue weighted by atomic mass is 32.2. The maximum atomic E-state index is 9.37. The van der Waals surface area contributed by atoms with Gasteiger partial charge in [-0.05, 0) is 22.9 Å². The molecule has 0 aliphatic heterocycles. The molecule has 0 bridgehead atoms. The van der Waals surface area contributed by atoms with Crippen LogP contribution in [-0.2, 0) is 6.54 Å². The Balaban J connectivity index is 1.80. The van der Waals surface area contributed by atoms with E-state index in [9.17, 15) is 5.11 Å². The molecule has 0 amide bonds. The Morgan fingerprint density at radius 1 is 1.08 bits per heavy atom. The van der Waals surface area contributed by atoms with Gasteiger partial charge >= 0.3 is 0 Å². The number of anilines is 1. The minimum atomic E-state index is 0.000643. The summed E-state index contributed by atoms with van der Waals surface area (Å²) < 4.78 is 1.87. The summed E-state index contributed by atoms with van der Waals surface area (Å²) in [4.78, 5) is 13.9. The van der Waals surface area contributed by atoms with E-state index in [-0.39, 0.29) is 6.61 Å². The normalized spacial score (nSPS) is 11.4. The second-order valence-corrected chi connectivity index (χ2v) is 6.35. The zero-order chi connectivity index (χ0) is 16.5. The van der Waals surface area contributed by atoms with Gasteiger partial charge in [-0.25, -0.2) is 15.0 Å². The molecule has 0 saturated heterocycles. The summed E-state index contributed by atoms with van der Waals surface area (Å²) in [5.74, 6) is 0.344. The van der Waals surface area contributed by atoms with Crippen LogP contribution in [0.25, 0.3) is 21.9 Å². The lowest BCUT2D eigenvalue weighted by Gasteiger charge is -2.07. The Morgan fingerprint density at radius 2 is 1.92 bits per heavy atom. The summed E-state index contributed by atoms with van der Waals surface area (Å²) in [5.41, 5.74) is 7.11. The average Bonchev–Trinajstić information content (AvgIpc) is 2.94. The number of nitrogen functional groups attached to an aromatic ring is 1. The molecule has 4 aromatic rings. The van der Waals surface area contributed by atoms with Crippen molar-refractivity contribution in [3.05, 3.63) is 48.8 Å². The molecular weight excluding hydrogens is 322 g/mol. The fraction of sp³-hybridized carbons (Fsp3) is 0.118. The van der Waals surface area contributed by atoms with E-state index in [1.807, 2.05) is 16.7 Å². The molecule has 0 aliphatic carbocycles. The van der Waals surface area contributed by atoms with Gasteiger partial charge in [-0.2, -0.15) is 0 Å². The smallest absolute Gasteiger partial charge is 0.175 e. The predicted octanol–water partition coefficient (Wildman–Crippen LogP) is 2.71. The maximum Gasteiger partial charge on any atom is 0.175 e. The van der Waals surface area contributed by atoms with Crippen molar-refractivity contribution in [2.24, 2.45) is 0 Å². The first-order valence-electron chi connectivity index (χ1n) is 7.50. The van der Waals surface area contributed by atoms with Crippen molar-refractivity contribution in [3.8, 4) is 0 Å². The second-order valence-electron chi connectivity index (χ2n) is 5.31. The summed E-state index contributed by atoms with van der Waals surface area (Å²) >= 11 is 1.52. The molecule has 2 aromatic carbocycles. The molecule has 2 aromatic heterocycles. The lowest BCUT2D eigenvalue weighted by molar-refractivity contribution is 0.273. The topological polar surface area (TPSA) is 89.9 Å². The van der Waals surface area contributed by atoms with E-state index in [0.29, 0.717) is 23.5 Å². The van der Waals surface area contributed by atoms with E-state index in [4.69, 9.17) is 5.73 Å². The van der Waals surface area contributed by atoms with Gasteiger partial charge in [-0.3, -0.25) is 0 Å². The first kappa shape index (κ1) is 14.9. The van der Waals surface area contributed by atoms with Gasteiger partial charge in [0.2, 0.25) is 0 Å². The van der Waals surface area contributed by atoms with Gasteiger partial charge in [0.25, 0.3) is 0 Å². The summed E-state index contributed by atoms with van der Waals surface area (Å²) in [6.45, 7) is 0.406. The number of aliphatic hydroxyl groups excluding tert-OH is 1. The third-order valence-electron chi connectivity index (χ3n) is 3.78. The first-order chi connectivity index (χ1) is 11.8. The van der Waals surface area contributed by atoms with E-state index in [0.717, 1.165) is 10.1 Å². The van der Waals surface area contributed by atoms with Gasteiger partial charge in [0.15, 0.2) is 22.1 Å². The summed E-state index contributed by atoms with van der Waals surface area (Å²) in [6.07, 6.45) is 1.41. The van der Waals surface area contributed by atoms with Crippen molar-refractivity contribution in [1.82, 2.24) is 19.5 Å². The minimum absolute atomic E-state index is 0.000643. The third kappa shape index (κ3) is 2.57. The van der Waals surface area contributed by atoms with Crippen molar-refractivity contribution in [2.45, 2.75) is 16.6 Å². The van der Waals surface area contributed by atoms with Crippen molar-refractivity contribution >= 4 is 39.5 Å². The van der Waals surface area contributed by atoms with Crippen molar-refractivity contribution in [2.75, 3.05) is 12.3 Å². The van der Waals surface area contributed by atoms with Crippen LogP contribution in [0.2, 0.25) is 0 Å². The average molecular weight is 337 g/mol. The number of fused-ring (bicyclic) bond motifs is 2. The summed E-state index contributed by atoms with van der Waals surface area (Å²) in [5, 5.41) is 12.5. The number of aromatic nitrogens is 4. The zero-order valence-corrected chi connectivity index (χ0v) is 13.6. The number of aliphatic hydroxyl groups is 1. The predicted molar refractivity (Wildman–Crippen MR) is 94.9 cm³/mol. The van der Waals surface area contributed by atoms with Crippen LogP contribution in [0.3, 0.4) is 0 Å². The fourth-order valence-corrected chi connectivity index (χ4v) is 3.61. The van der Waals surface area contributed by atoms with Gasteiger partial charge < -0.3 is 15.4 Å². The van der Waals surface area contributed by atoms with Gasteiger partial charge in [0.1, 0.15) is 6.33 Å². The molecular formula is C17H15N5OS. The highest BCUT2D eigenvalue weighted by molar-refractivity contribution is 7.99. The number of rotatable bonds is 4. The molecule has 7 heteroatoms. The molecule has 120 valence electrons. The first-order valence-corrected chi connectivity index (χ1v) is 8.32. The molecule has 0 atom stereocenters. The summed E-state index contributed by atoms with van der Waals surface area (Å²) in [6, 6.07) is 14.5. The number of benzene rings is 2. The quantitative estimate of drug-likeness (QED) is 0.595. The van der Waals surface area contributed by atoms with Crippen molar-refractivity contribution in [3.63, 3.8) is 0 Å². The number of nitrogens with zero attached hydrogens (tertiary/aromatic N) is 4. The molecule has 0 radical (unpaired) electrons. The fourth-order valence-electron chi connectivity index (χ4n) is 2.65. The van der Waals surface area contributed by atoms with Crippen LogP contribution in [0.15, 0.2) is 58.8 Å². The van der Waals surface area contributed by atoms with E-state index >= 15 is 0 Å². The Bertz CT molecular complexity index is 1030. The van der Waals surface area contributed by atoms with Gasteiger partial charge in [0.05, 0.1) is 6.61 Å². The van der Waals surface area contributed by atoms with Crippen LogP contribution < -0.4 is 5.73 Å². The van der Waals surface area contributed by atoms with Crippen LogP contribution >= 0.6 is 11.8 Å². The SMILES string of the molecule is Nc1ncnc2c1nc(Sc1ccc3ccccc3c1)n2CCO. The molecule has 0 saturated carbocycles. The van der Waals surface area contributed by atoms with Gasteiger partial charge in [-0.1, -0.05) is 42.1 Å². The monoisotopic (exact) mass is 337 g/mol. The Labute approximate surface area is 142 Å². The summed E-state index contributed by atoms with van der Waals surface area (Å²) in [7, 11) is 0. The lowest BCUT2D eigenvalue weighted by Crippen LogP contribution is -2.04. The van der Waals surface area contributed by atoms with E-state index in [1.165, 1.54) is 28.9 Å². The zero-order valence-electron chi connectivity index (χ0n) is 12.8. The van der Waals surface area contributed by atoms with Crippen molar-refractivity contribution in [1.29, 1.82) is 0 Å². The Morgan fingerprint density at radius 3 is 2.75 bits per heavy atom. The largest absolute Gasteiger partial charge is 0.395 e. The number of hydrogen-bond donors (Lipinski definition) is 2. The highest BCUT2D eigenvalue weighted by Crippen LogP contribution is 2.32. The second kappa shape index (κ2) is 6.10. The van der Waals surface area contributed by atoms with Crippen molar-refractivity contribution < 1.29 is 5.11 Å². The van der Waals surface area contributed by atoms with Gasteiger partial charge in [-0.15, -0.1) is 0 Å². The van der Waals surface area contributed by atoms with E-state index in [1.54, 1.807) is 0 Å². The molecule has 2 heterocycles. The maximum absolute atomic E-state index is 9.37. The lowest BCUT2D eigenvalue weighted by atomic mass is 10.1. The van der Waals surface area contributed by atoms with E-state index in [2.05, 4.69) is 45.3 Å². The number of imidazole rings is 1. The number of hydrogen-bond acceptors (Lipinski definition) is 6. The minimum Gasteiger partial charge on any atom is -0.395 e. The molecule has 0 spiro atoms. The molecule has 24 heavy (non-hydrogen) atoms.